The van der Waals surface area contributed by atoms with Crippen LogP contribution in [-0.2, 0) is 6.54 Å². The Hall–Kier alpha value is -1.65. The number of hydrogen-bond donors (Lipinski definition) is 2. The molecule has 0 aromatic heterocycles. The van der Waals surface area contributed by atoms with E-state index in [4.69, 9.17) is 5.73 Å². The molecule has 0 heterocycles. The first-order chi connectivity index (χ1) is 6.63. The molecule has 14 heavy (non-hydrogen) atoms. The smallest absolute Gasteiger partial charge is 0.188 e. The molecular weight excluding hydrogens is 188 g/mol. The van der Waals surface area contributed by atoms with Crippen LogP contribution in [0.1, 0.15) is 5.56 Å². The average Bonchev–Trinajstić information content (AvgIpc) is 2.19. The molecule has 3 N–H and O–H groups in total. The van der Waals surface area contributed by atoms with Gasteiger partial charge in [0, 0.05) is 13.6 Å². The van der Waals surface area contributed by atoms with Gasteiger partial charge in [0.2, 0.25) is 0 Å². The lowest BCUT2D eigenvalue weighted by molar-refractivity contribution is 0.507. The number of rotatable bonds is 2. The molecule has 0 saturated heterocycles. The minimum atomic E-state index is -0.865. The summed E-state index contributed by atoms with van der Waals surface area (Å²) in [6.45, 7) is 0.320. The first-order valence-electron chi connectivity index (χ1n) is 4.03. The highest BCUT2D eigenvalue weighted by molar-refractivity contribution is 5.77. The van der Waals surface area contributed by atoms with Crippen LogP contribution in [0.5, 0.6) is 0 Å². The fraction of sp³-hybridized carbons (Fsp3) is 0.222. The molecule has 5 heteroatoms. The quantitative estimate of drug-likeness (QED) is 0.551. The van der Waals surface area contributed by atoms with Crippen molar-refractivity contribution in [3.05, 3.63) is 35.4 Å². The summed E-state index contributed by atoms with van der Waals surface area (Å²) in [6, 6.07) is 3.67. The molecule has 0 aliphatic rings. The standard InChI is InChI=1S/C9H11F2N3/c1-13-9(12)14-5-6-2-3-7(10)8(11)4-6/h2-4H,5H2,1H3,(H3,12,13,14). The molecule has 1 rings (SSSR count). The molecule has 1 aromatic carbocycles. The summed E-state index contributed by atoms with van der Waals surface area (Å²) >= 11 is 0. The molecule has 0 atom stereocenters. The van der Waals surface area contributed by atoms with E-state index >= 15 is 0 Å². The highest BCUT2D eigenvalue weighted by atomic mass is 19.2. The number of nitrogens with one attached hydrogen (secondary N) is 1. The fourth-order valence-corrected chi connectivity index (χ4v) is 0.921. The molecule has 76 valence electrons. The topological polar surface area (TPSA) is 50.4 Å². The van der Waals surface area contributed by atoms with E-state index in [0.717, 1.165) is 12.1 Å². The fourth-order valence-electron chi connectivity index (χ4n) is 0.921. The number of guanidine groups is 1. The van der Waals surface area contributed by atoms with Crippen molar-refractivity contribution >= 4 is 5.96 Å². The van der Waals surface area contributed by atoms with Crippen molar-refractivity contribution in [2.24, 2.45) is 10.7 Å². The normalized spacial score (nSPS) is 11.5. The van der Waals surface area contributed by atoms with Gasteiger partial charge in [0.05, 0.1) is 0 Å². The second kappa shape index (κ2) is 4.55. The summed E-state index contributed by atoms with van der Waals surface area (Å²) in [7, 11) is 1.54. The Kier molecular flexibility index (Phi) is 3.39. The Labute approximate surface area is 80.6 Å². The Morgan fingerprint density at radius 1 is 1.43 bits per heavy atom. The van der Waals surface area contributed by atoms with Crippen LogP contribution >= 0.6 is 0 Å². The van der Waals surface area contributed by atoms with E-state index in [1.54, 1.807) is 0 Å². The summed E-state index contributed by atoms with van der Waals surface area (Å²) in [4.78, 5) is 3.66. The van der Waals surface area contributed by atoms with Gasteiger partial charge >= 0.3 is 0 Å². The minimum Gasteiger partial charge on any atom is -0.370 e. The van der Waals surface area contributed by atoms with Gasteiger partial charge in [0.25, 0.3) is 0 Å². The SMILES string of the molecule is CN=C(N)NCc1ccc(F)c(F)c1. The predicted molar refractivity (Wildman–Crippen MR) is 50.7 cm³/mol. The van der Waals surface area contributed by atoms with Crippen LogP contribution in [0.25, 0.3) is 0 Å². The summed E-state index contributed by atoms with van der Waals surface area (Å²) in [5.74, 6) is -1.46. The van der Waals surface area contributed by atoms with Gasteiger partial charge in [-0.2, -0.15) is 0 Å². The van der Waals surface area contributed by atoms with Gasteiger partial charge in [-0.05, 0) is 17.7 Å². The number of nitrogens with zero attached hydrogens (tertiary/aromatic N) is 1. The monoisotopic (exact) mass is 199 g/mol. The van der Waals surface area contributed by atoms with E-state index < -0.39 is 11.6 Å². The van der Waals surface area contributed by atoms with Gasteiger partial charge in [0.1, 0.15) is 0 Å². The molecule has 0 spiro atoms. The Bertz CT molecular complexity index is 350. The number of hydrogen-bond acceptors (Lipinski definition) is 1. The van der Waals surface area contributed by atoms with Crippen molar-refractivity contribution in [1.29, 1.82) is 0 Å². The molecule has 0 saturated carbocycles. The van der Waals surface area contributed by atoms with E-state index in [1.165, 1.54) is 13.1 Å². The molecule has 3 nitrogen and oxygen atoms in total. The van der Waals surface area contributed by atoms with Crippen LogP contribution in [-0.4, -0.2) is 13.0 Å². The second-order valence-electron chi connectivity index (χ2n) is 2.71. The van der Waals surface area contributed by atoms with Crippen LogP contribution in [0.3, 0.4) is 0 Å². The zero-order chi connectivity index (χ0) is 10.6. The highest BCUT2D eigenvalue weighted by Gasteiger charge is 2.01. The van der Waals surface area contributed by atoms with Gasteiger partial charge in [0.15, 0.2) is 17.6 Å². The molecule has 0 aliphatic carbocycles. The zero-order valence-corrected chi connectivity index (χ0v) is 7.72. The van der Waals surface area contributed by atoms with Gasteiger partial charge in [-0.3, -0.25) is 4.99 Å². The summed E-state index contributed by atoms with van der Waals surface area (Å²) in [5.41, 5.74) is 5.97. The predicted octanol–water partition coefficient (Wildman–Crippen LogP) is 0.999. The molecule has 0 aliphatic heterocycles. The number of nitrogens with two attached hydrogens (primary N) is 1. The van der Waals surface area contributed by atoms with Crippen LogP contribution < -0.4 is 11.1 Å². The van der Waals surface area contributed by atoms with Crippen LogP contribution in [0, 0.1) is 11.6 Å². The van der Waals surface area contributed by atoms with E-state index in [0.29, 0.717) is 12.1 Å². The van der Waals surface area contributed by atoms with Crippen LogP contribution in [0.4, 0.5) is 8.78 Å². The summed E-state index contributed by atoms with van der Waals surface area (Å²) in [6.07, 6.45) is 0. The van der Waals surface area contributed by atoms with Gasteiger partial charge in [-0.15, -0.1) is 0 Å². The molecule has 0 fully saturated rings. The van der Waals surface area contributed by atoms with Gasteiger partial charge in [-0.25, -0.2) is 8.78 Å². The molecular formula is C9H11F2N3. The number of aliphatic imine (C=N–C) groups is 1. The van der Waals surface area contributed by atoms with E-state index in [-0.39, 0.29) is 5.96 Å². The third kappa shape index (κ3) is 2.69. The zero-order valence-electron chi connectivity index (χ0n) is 7.72. The van der Waals surface area contributed by atoms with Crippen molar-refractivity contribution in [2.75, 3.05) is 7.05 Å². The van der Waals surface area contributed by atoms with Crippen molar-refractivity contribution in [2.45, 2.75) is 6.54 Å². The minimum absolute atomic E-state index is 0.259. The Morgan fingerprint density at radius 3 is 2.71 bits per heavy atom. The maximum absolute atomic E-state index is 12.7. The Morgan fingerprint density at radius 2 is 2.14 bits per heavy atom. The average molecular weight is 199 g/mol. The third-order valence-corrected chi connectivity index (χ3v) is 1.70. The molecule has 0 unspecified atom stereocenters. The highest BCUT2D eigenvalue weighted by Crippen LogP contribution is 2.07. The molecule has 0 amide bonds. The third-order valence-electron chi connectivity index (χ3n) is 1.70. The summed E-state index contributed by atoms with van der Waals surface area (Å²) in [5, 5.41) is 2.73. The first-order valence-corrected chi connectivity index (χ1v) is 4.03. The van der Waals surface area contributed by atoms with Crippen molar-refractivity contribution in [1.82, 2.24) is 5.32 Å². The molecule has 1 aromatic rings. The largest absolute Gasteiger partial charge is 0.370 e. The lowest BCUT2D eigenvalue weighted by Crippen LogP contribution is -2.30. The van der Waals surface area contributed by atoms with Crippen LogP contribution in [0.15, 0.2) is 23.2 Å². The Balaban J connectivity index is 2.64. The number of benzene rings is 1. The van der Waals surface area contributed by atoms with Gasteiger partial charge < -0.3 is 11.1 Å². The maximum atomic E-state index is 12.7. The van der Waals surface area contributed by atoms with Crippen molar-refractivity contribution in [3.8, 4) is 0 Å². The van der Waals surface area contributed by atoms with Gasteiger partial charge in [-0.1, -0.05) is 6.07 Å². The lowest BCUT2D eigenvalue weighted by Gasteiger charge is -2.04. The molecule has 0 bridgehead atoms. The summed E-state index contributed by atoms with van der Waals surface area (Å²) < 4.78 is 25.2. The maximum Gasteiger partial charge on any atom is 0.188 e. The van der Waals surface area contributed by atoms with E-state index in [2.05, 4.69) is 10.3 Å². The lowest BCUT2D eigenvalue weighted by atomic mass is 10.2. The van der Waals surface area contributed by atoms with Crippen LogP contribution in [0.2, 0.25) is 0 Å². The molecule has 0 radical (unpaired) electrons. The van der Waals surface area contributed by atoms with E-state index in [1.807, 2.05) is 0 Å². The van der Waals surface area contributed by atoms with Crippen molar-refractivity contribution < 1.29 is 8.78 Å². The van der Waals surface area contributed by atoms with Crippen molar-refractivity contribution in [3.63, 3.8) is 0 Å². The first kappa shape index (κ1) is 10.4. The van der Waals surface area contributed by atoms with E-state index in [9.17, 15) is 8.78 Å². The number of halogens is 2. The second-order valence-corrected chi connectivity index (χ2v) is 2.71.